The predicted molar refractivity (Wildman–Crippen MR) is 57.0 cm³/mol. The first-order valence-electron chi connectivity index (χ1n) is 4.59. The van der Waals surface area contributed by atoms with Crippen molar-refractivity contribution in [3.8, 4) is 12.3 Å². The van der Waals surface area contributed by atoms with E-state index in [1.807, 2.05) is 26.8 Å². The average Bonchev–Trinajstić information content (AvgIpc) is 2.63. The Balaban J connectivity index is 0.000000461. The molecular formula is C11H13N3. The Labute approximate surface area is 83.8 Å². The van der Waals surface area contributed by atoms with Crippen molar-refractivity contribution in [1.82, 2.24) is 14.6 Å². The fraction of sp³-hybridized carbons (Fsp3) is 0.273. The Kier molecular flexibility index (Phi) is 3.24. The maximum absolute atomic E-state index is 5.21. The van der Waals surface area contributed by atoms with E-state index in [1.165, 1.54) is 0 Å². The van der Waals surface area contributed by atoms with Gasteiger partial charge in [-0.2, -0.15) is 5.10 Å². The third-order valence-corrected chi connectivity index (χ3v) is 1.68. The number of aryl methyl sites for hydroxylation is 1. The molecule has 0 N–H and O–H groups in total. The van der Waals surface area contributed by atoms with E-state index in [2.05, 4.69) is 16.0 Å². The molecule has 14 heavy (non-hydrogen) atoms. The van der Waals surface area contributed by atoms with Crippen LogP contribution in [0.3, 0.4) is 0 Å². The van der Waals surface area contributed by atoms with Crippen molar-refractivity contribution in [3.05, 3.63) is 29.7 Å². The van der Waals surface area contributed by atoms with Crippen LogP contribution in [0, 0.1) is 19.3 Å². The normalized spacial score (nSPS) is 9.00. The first-order chi connectivity index (χ1) is 6.81. The molecule has 2 aromatic heterocycles. The molecular weight excluding hydrogens is 174 g/mol. The summed E-state index contributed by atoms with van der Waals surface area (Å²) in [5, 5.41) is 4.17. The molecule has 0 aliphatic heterocycles. The van der Waals surface area contributed by atoms with Gasteiger partial charge in [-0.25, -0.2) is 9.50 Å². The van der Waals surface area contributed by atoms with E-state index in [0.29, 0.717) is 5.69 Å². The molecule has 0 amide bonds. The minimum absolute atomic E-state index is 0.628. The standard InChI is InChI=1S/C9H7N3.C2H6/c1-3-8-4-5-9-10-6-7(2)12(9)11-8;1-2/h1,4-6H,2H3;1-2H3. The number of hydrogen-bond donors (Lipinski definition) is 0. The molecule has 3 nitrogen and oxygen atoms in total. The van der Waals surface area contributed by atoms with Crippen molar-refractivity contribution in [1.29, 1.82) is 0 Å². The van der Waals surface area contributed by atoms with Crippen molar-refractivity contribution in [3.63, 3.8) is 0 Å². The average molecular weight is 187 g/mol. The van der Waals surface area contributed by atoms with Gasteiger partial charge in [0.05, 0.1) is 11.9 Å². The van der Waals surface area contributed by atoms with E-state index in [9.17, 15) is 0 Å². The Bertz CT molecular complexity index is 463. The SMILES string of the molecule is C#Cc1ccc2ncc(C)n2n1.CC. The first-order valence-corrected chi connectivity index (χ1v) is 4.59. The molecule has 0 radical (unpaired) electrons. The maximum Gasteiger partial charge on any atom is 0.153 e. The molecule has 2 rings (SSSR count). The molecule has 0 bridgehead atoms. The first kappa shape index (κ1) is 10.3. The fourth-order valence-corrected chi connectivity index (χ4v) is 1.06. The molecule has 0 unspecified atom stereocenters. The van der Waals surface area contributed by atoms with E-state index in [1.54, 1.807) is 16.8 Å². The highest BCUT2D eigenvalue weighted by Gasteiger charge is 1.98. The fourth-order valence-electron chi connectivity index (χ4n) is 1.06. The van der Waals surface area contributed by atoms with Gasteiger partial charge in [0.1, 0.15) is 5.69 Å². The lowest BCUT2D eigenvalue weighted by Crippen LogP contribution is -1.95. The molecule has 2 aromatic rings. The summed E-state index contributed by atoms with van der Waals surface area (Å²) in [5.74, 6) is 2.48. The van der Waals surface area contributed by atoms with Crippen LogP contribution in [-0.2, 0) is 0 Å². The third-order valence-electron chi connectivity index (χ3n) is 1.68. The van der Waals surface area contributed by atoms with Crippen LogP contribution in [0.2, 0.25) is 0 Å². The van der Waals surface area contributed by atoms with Crippen molar-refractivity contribution in [2.24, 2.45) is 0 Å². The zero-order chi connectivity index (χ0) is 10.6. The topological polar surface area (TPSA) is 30.2 Å². The molecule has 0 aliphatic carbocycles. The largest absolute Gasteiger partial charge is 0.235 e. The van der Waals surface area contributed by atoms with E-state index in [0.717, 1.165) is 11.3 Å². The zero-order valence-corrected chi connectivity index (χ0v) is 8.65. The quantitative estimate of drug-likeness (QED) is 0.591. The van der Waals surface area contributed by atoms with E-state index >= 15 is 0 Å². The van der Waals surface area contributed by atoms with Crippen LogP contribution in [0.1, 0.15) is 25.2 Å². The van der Waals surface area contributed by atoms with Crippen LogP contribution in [0.25, 0.3) is 5.65 Å². The second-order valence-corrected chi connectivity index (χ2v) is 2.53. The lowest BCUT2D eigenvalue weighted by Gasteiger charge is -1.94. The van der Waals surface area contributed by atoms with Crippen molar-refractivity contribution in [2.75, 3.05) is 0 Å². The summed E-state index contributed by atoms with van der Waals surface area (Å²) in [6.45, 7) is 5.94. The lowest BCUT2D eigenvalue weighted by molar-refractivity contribution is 0.889. The minimum Gasteiger partial charge on any atom is -0.235 e. The van der Waals surface area contributed by atoms with Gasteiger partial charge in [0.25, 0.3) is 0 Å². The van der Waals surface area contributed by atoms with Gasteiger partial charge in [0.15, 0.2) is 5.65 Å². The van der Waals surface area contributed by atoms with Gasteiger partial charge in [-0.15, -0.1) is 6.42 Å². The number of fused-ring (bicyclic) bond motifs is 1. The van der Waals surface area contributed by atoms with Gasteiger partial charge >= 0.3 is 0 Å². The zero-order valence-electron chi connectivity index (χ0n) is 8.65. The van der Waals surface area contributed by atoms with Gasteiger partial charge in [0.2, 0.25) is 0 Å². The highest BCUT2D eigenvalue weighted by molar-refractivity contribution is 5.40. The summed E-state index contributed by atoms with van der Waals surface area (Å²) in [6, 6.07) is 3.64. The van der Waals surface area contributed by atoms with E-state index < -0.39 is 0 Å². The van der Waals surface area contributed by atoms with Gasteiger partial charge < -0.3 is 0 Å². The molecule has 0 aromatic carbocycles. The lowest BCUT2D eigenvalue weighted by atomic mass is 10.4. The van der Waals surface area contributed by atoms with Gasteiger partial charge in [0, 0.05) is 0 Å². The molecule has 0 saturated heterocycles. The summed E-state index contributed by atoms with van der Waals surface area (Å²) >= 11 is 0. The van der Waals surface area contributed by atoms with Crippen LogP contribution < -0.4 is 0 Å². The smallest absolute Gasteiger partial charge is 0.153 e. The molecule has 0 aliphatic rings. The van der Waals surface area contributed by atoms with E-state index in [4.69, 9.17) is 6.42 Å². The molecule has 3 heteroatoms. The molecule has 72 valence electrons. The Hall–Kier alpha value is -1.82. The van der Waals surface area contributed by atoms with Crippen LogP contribution in [0.5, 0.6) is 0 Å². The third kappa shape index (κ3) is 1.74. The van der Waals surface area contributed by atoms with Gasteiger partial charge in [-0.3, -0.25) is 0 Å². The Morgan fingerprint density at radius 3 is 2.71 bits per heavy atom. The van der Waals surface area contributed by atoms with E-state index in [-0.39, 0.29) is 0 Å². The summed E-state index contributed by atoms with van der Waals surface area (Å²) in [7, 11) is 0. The summed E-state index contributed by atoms with van der Waals surface area (Å²) in [4.78, 5) is 4.13. The van der Waals surface area contributed by atoms with Gasteiger partial charge in [-0.05, 0) is 25.0 Å². The van der Waals surface area contributed by atoms with Crippen LogP contribution in [0.15, 0.2) is 18.3 Å². The summed E-state index contributed by atoms with van der Waals surface area (Å²) in [6.07, 6.45) is 6.98. The molecule has 0 saturated carbocycles. The highest BCUT2D eigenvalue weighted by atomic mass is 15.3. The number of hydrogen-bond acceptors (Lipinski definition) is 2. The maximum atomic E-state index is 5.21. The number of aromatic nitrogens is 3. The number of imidazole rings is 1. The molecule has 0 spiro atoms. The summed E-state index contributed by atoms with van der Waals surface area (Å²) in [5.41, 5.74) is 2.44. The molecule has 0 fully saturated rings. The van der Waals surface area contributed by atoms with Crippen LogP contribution in [-0.4, -0.2) is 14.6 Å². The van der Waals surface area contributed by atoms with Crippen molar-refractivity contribution in [2.45, 2.75) is 20.8 Å². The van der Waals surface area contributed by atoms with Gasteiger partial charge in [-0.1, -0.05) is 13.8 Å². The van der Waals surface area contributed by atoms with Crippen molar-refractivity contribution >= 4 is 5.65 Å². The number of terminal acetylenes is 1. The second kappa shape index (κ2) is 4.43. The molecule has 2 heterocycles. The predicted octanol–water partition coefficient (Wildman–Crippen LogP) is 2.05. The monoisotopic (exact) mass is 187 g/mol. The minimum atomic E-state index is 0.628. The highest BCUT2D eigenvalue weighted by Crippen LogP contribution is 2.03. The van der Waals surface area contributed by atoms with Crippen LogP contribution in [0.4, 0.5) is 0 Å². The molecule has 0 atom stereocenters. The Morgan fingerprint density at radius 2 is 2.07 bits per heavy atom. The number of nitrogens with zero attached hydrogens (tertiary/aromatic N) is 3. The van der Waals surface area contributed by atoms with Crippen molar-refractivity contribution < 1.29 is 0 Å². The second-order valence-electron chi connectivity index (χ2n) is 2.53. The number of rotatable bonds is 0. The summed E-state index contributed by atoms with van der Waals surface area (Å²) < 4.78 is 1.73. The Morgan fingerprint density at radius 1 is 1.36 bits per heavy atom. The van der Waals surface area contributed by atoms with Crippen LogP contribution >= 0.6 is 0 Å².